The third-order valence-electron chi connectivity index (χ3n) is 3.27. The second-order valence-corrected chi connectivity index (χ2v) is 6.42. The van der Waals surface area contributed by atoms with Gasteiger partial charge in [-0.3, -0.25) is 0 Å². The molecular weight excluding hydrogens is 278 g/mol. The Morgan fingerprint density at radius 3 is 2.79 bits per heavy atom. The van der Waals surface area contributed by atoms with Crippen molar-refractivity contribution in [3.8, 4) is 0 Å². The highest BCUT2D eigenvalue weighted by Crippen LogP contribution is 2.26. The third-order valence-corrected chi connectivity index (χ3v) is 4.64. The number of imidazole rings is 1. The lowest BCUT2D eigenvalue weighted by atomic mass is 10.3. The summed E-state index contributed by atoms with van der Waals surface area (Å²) in [5, 5.41) is 0.681. The standard InChI is InChI=1S/C14H14ClN3S/c1-8-5-11(19-9(8)2)7-18-13-4-3-10(15)6-12(13)17-14(18)16/h3-6H,7H2,1-2H3,(H2,16,17). The molecular formula is C14H14ClN3S. The molecule has 2 heterocycles. The highest BCUT2D eigenvalue weighted by atomic mass is 35.5. The van der Waals surface area contributed by atoms with Crippen molar-refractivity contribution in [3.63, 3.8) is 0 Å². The number of nitrogens with zero attached hydrogens (tertiary/aromatic N) is 2. The molecule has 0 bridgehead atoms. The van der Waals surface area contributed by atoms with Gasteiger partial charge in [0.25, 0.3) is 0 Å². The fourth-order valence-electron chi connectivity index (χ4n) is 2.17. The SMILES string of the molecule is Cc1cc(Cn2c(N)nc3cc(Cl)ccc32)sc1C. The summed E-state index contributed by atoms with van der Waals surface area (Å²) in [6.07, 6.45) is 0. The van der Waals surface area contributed by atoms with Gasteiger partial charge in [-0.2, -0.15) is 0 Å². The Labute approximate surface area is 120 Å². The van der Waals surface area contributed by atoms with Gasteiger partial charge in [-0.1, -0.05) is 11.6 Å². The molecule has 19 heavy (non-hydrogen) atoms. The molecule has 0 aliphatic carbocycles. The number of thiophene rings is 1. The molecule has 0 aliphatic heterocycles. The fourth-order valence-corrected chi connectivity index (χ4v) is 3.38. The average Bonchev–Trinajstić information content (AvgIpc) is 2.81. The topological polar surface area (TPSA) is 43.8 Å². The van der Waals surface area contributed by atoms with Gasteiger partial charge in [0.05, 0.1) is 17.6 Å². The first-order valence-corrected chi connectivity index (χ1v) is 7.21. The lowest BCUT2D eigenvalue weighted by Crippen LogP contribution is -2.03. The van der Waals surface area contributed by atoms with Gasteiger partial charge < -0.3 is 10.3 Å². The Balaban J connectivity index is 2.07. The fraction of sp³-hybridized carbons (Fsp3) is 0.214. The molecule has 1 aromatic carbocycles. The molecule has 0 atom stereocenters. The maximum absolute atomic E-state index is 6.01. The van der Waals surface area contributed by atoms with Crippen LogP contribution in [0.3, 0.4) is 0 Å². The van der Waals surface area contributed by atoms with Crippen molar-refractivity contribution in [1.82, 2.24) is 9.55 Å². The summed E-state index contributed by atoms with van der Waals surface area (Å²) in [4.78, 5) is 7.00. The molecule has 3 aromatic rings. The van der Waals surface area contributed by atoms with E-state index in [1.165, 1.54) is 15.3 Å². The zero-order valence-electron chi connectivity index (χ0n) is 10.8. The zero-order chi connectivity index (χ0) is 13.6. The number of fused-ring (bicyclic) bond motifs is 1. The van der Waals surface area contributed by atoms with Gasteiger partial charge in [0.15, 0.2) is 0 Å². The van der Waals surface area contributed by atoms with Crippen LogP contribution in [0.1, 0.15) is 15.3 Å². The third kappa shape index (κ3) is 2.22. The summed E-state index contributed by atoms with van der Waals surface area (Å²) >= 11 is 7.78. The Kier molecular flexibility index (Phi) is 2.99. The van der Waals surface area contributed by atoms with Gasteiger partial charge in [-0.15, -0.1) is 11.3 Å². The summed E-state index contributed by atoms with van der Waals surface area (Å²) in [6.45, 7) is 5.02. The maximum Gasteiger partial charge on any atom is 0.201 e. The summed E-state index contributed by atoms with van der Waals surface area (Å²) in [6, 6.07) is 7.89. The quantitative estimate of drug-likeness (QED) is 0.775. The van der Waals surface area contributed by atoms with Crippen LogP contribution < -0.4 is 5.73 Å². The molecule has 0 aliphatic rings. The number of nitrogen functional groups attached to an aromatic ring is 1. The van der Waals surface area contributed by atoms with Crippen LogP contribution in [0, 0.1) is 13.8 Å². The highest BCUT2D eigenvalue weighted by Gasteiger charge is 2.10. The number of benzene rings is 1. The largest absolute Gasteiger partial charge is 0.369 e. The van der Waals surface area contributed by atoms with Crippen molar-refractivity contribution in [1.29, 1.82) is 0 Å². The molecule has 0 radical (unpaired) electrons. The normalized spacial score (nSPS) is 11.3. The first kappa shape index (κ1) is 12.5. The summed E-state index contributed by atoms with van der Waals surface area (Å²) in [7, 11) is 0. The Hall–Kier alpha value is -1.52. The second-order valence-electron chi connectivity index (χ2n) is 4.64. The van der Waals surface area contributed by atoms with Crippen LogP contribution in [0.15, 0.2) is 24.3 Å². The molecule has 0 amide bonds. The van der Waals surface area contributed by atoms with Crippen molar-refractivity contribution in [2.24, 2.45) is 0 Å². The van der Waals surface area contributed by atoms with E-state index in [-0.39, 0.29) is 0 Å². The molecule has 0 saturated heterocycles. The molecule has 0 spiro atoms. The minimum atomic E-state index is 0.529. The van der Waals surface area contributed by atoms with E-state index in [2.05, 4.69) is 24.9 Å². The molecule has 0 unspecified atom stereocenters. The number of halogens is 1. The predicted molar refractivity (Wildman–Crippen MR) is 82.1 cm³/mol. The van der Waals surface area contributed by atoms with Gasteiger partial charge in [-0.25, -0.2) is 4.98 Å². The number of aromatic nitrogens is 2. The Morgan fingerprint density at radius 2 is 2.11 bits per heavy atom. The molecule has 2 N–H and O–H groups in total. The van der Waals surface area contributed by atoms with E-state index in [0.29, 0.717) is 11.0 Å². The first-order valence-electron chi connectivity index (χ1n) is 6.02. The maximum atomic E-state index is 6.01. The number of rotatable bonds is 2. The summed E-state index contributed by atoms with van der Waals surface area (Å²) in [5.74, 6) is 0.529. The Morgan fingerprint density at radius 1 is 1.32 bits per heavy atom. The van der Waals surface area contributed by atoms with Crippen molar-refractivity contribution in [3.05, 3.63) is 44.6 Å². The van der Waals surface area contributed by atoms with Crippen LogP contribution in [0.5, 0.6) is 0 Å². The van der Waals surface area contributed by atoms with Gasteiger partial charge in [0.2, 0.25) is 5.95 Å². The molecule has 5 heteroatoms. The molecule has 2 aromatic heterocycles. The number of aryl methyl sites for hydroxylation is 2. The minimum absolute atomic E-state index is 0.529. The van der Waals surface area contributed by atoms with Gasteiger partial charge in [0.1, 0.15) is 0 Å². The van der Waals surface area contributed by atoms with Crippen LogP contribution in [-0.4, -0.2) is 9.55 Å². The van der Waals surface area contributed by atoms with Crippen molar-refractivity contribution in [2.75, 3.05) is 5.73 Å². The summed E-state index contributed by atoms with van der Waals surface area (Å²) < 4.78 is 2.02. The first-order chi connectivity index (χ1) is 9.04. The van der Waals surface area contributed by atoms with E-state index >= 15 is 0 Å². The van der Waals surface area contributed by atoms with Crippen molar-refractivity contribution >= 4 is 39.9 Å². The van der Waals surface area contributed by atoms with E-state index in [4.69, 9.17) is 17.3 Å². The number of anilines is 1. The van der Waals surface area contributed by atoms with E-state index in [9.17, 15) is 0 Å². The zero-order valence-corrected chi connectivity index (χ0v) is 12.3. The molecule has 0 fully saturated rings. The van der Waals surface area contributed by atoms with Crippen LogP contribution in [-0.2, 0) is 6.54 Å². The smallest absolute Gasteiger partial charge is 0.201 e. The van der Waals surface area contributed by atoms with E-state index in [0.717, 1.165) is 17.6 Å². The lowest BCUT2D eigenvalue weighted by molar-refractivity contribution is 0.852. The van der Waals surface area contributed by atoms with E-state index in [1.807, 2.05) is 22.8 Å². The average molecular weight is 292 g/mol. The minimum Gasteiger partial charge on any atom is -0.369 e. The van der Waals surface area contributed by atoms with Crippen LogP contribution in [0.2, 0.25) is 5.02 Å². The molecule has 98 valence electrons. The monoisotopic (exact) mass is 291 g/mol. The number of hydrogen-bond acceptors (Lipinski definition) is 3. The highest BCUT2D eigenvalue weighted by molar-refractivity contribution is 7.12. The Bertz CT molecular complexity index is 738. The van der Waals surface area contributed by atoms with Crippen molar-refractivity contribution < 1.29 is 0 Å². The number of hydrogen-bond donors (Lipinski definition) is 1. The van der Waals surface area contributed by atoms with Gasteiger partial charge in [-0.05, 0) is 43.7 Å². The van der Waals surface area contributed by atoms with Crippen LogP contribution in [0.25, 0.3) is 11.0 Å². The summed E-state index contributed by atoms with van der Waals surface area (Å²) in [5.41, 5.74) is 9.20. The lowest BCUT2D eigenvalue weighted by Gasteiger charge is -2.04. The van der Waals surface area contributed by atoms with Crippen molar-refractivity contribution in [2.45, 2.75) is 20.4 Å². The van der Waals surface area contributed by atoms with Crippen LogP contribution in [0.4, 0.5) is 5.95 Å². The van der Waals surface area contributed by atoms with E-state index < -0.39 is 0 Å². The van der Waals surface area contributed by atoms with Gasteiger partial charge >= 0.3 is 0 Å². The second kappa shape index (κ2) is 4.54. The predicted octanol–water partition coefficient (Wildman–Crippen LogP) is 4.00. The van der Waals surface area contributed by atoms with E-state index in [1.54, 1.807) is 11.3 Å². The number of nitrogens with two attached hydrogens (primary N) is 1. The molecule has 0 saturated carbocycles. The van der Waals surface area contributed by atoms with Crippen LogP contribution >= 0.6 is 22.9 Å². The molecule has 3 rings (SSSR count). The van der Waals surface area contributed by atoms with Gasteiger partial charge in [0, 0.05) is 14.8 Å². The molecule has 3 nitrogen and oxygen atoms in total.